The molecule has 0 aliphatic heterocycles. The number of benzene rings is 5. The fraction of sp³-hybridized carbons (Fsp3) is 0.238. The number of aryl methyl sites for hydroxylation is 1. The second kappa shape index (κ2) is 26.8. The fourth-order valence-electron chi connectivity index (χ4n) is 7.43. The van der Waals surface area contributed by atoms with Crippen molar-refractivity contribution in [2.24, 2.45) is 0 Å². The summed E-state index contributed by atoms with van der Waals surface area (Å²) in [6, 6.07) is 40.9. The molecule has 7 aromatic rings. The lowest BCUT2D eigenvalue weighted by Crippen LogP contribution is -2.04. The van der Waals surface area contributed by atoms with Gasteiger partial charge in [0.05, 0.1) is 75.3 Å². The Bertz CT molecular complexity index is 3120. The van der Waals surface area contributed by atoms with E-state index in [9.17, 15) is 0 Å². The van der Waals surface area contributed by atoms with Crippen LogP contribution in [0.1, 0.15) is 102 Å². The molecule has 356 valence electrons. The molecule has 71 heavy (non-hydrogen) atoms. The lowest BCUT2D eigenvalue weighted by atomic mass is 10.1. The van der Waals surface area contributed by atoms with E-state index < -0.39 is 0 Å². The van der Waals surface area contributed by atoms with Gasteiger partial charge in [-0.1, -0.05) is 86.0 Å². The van der Waals surface area contributed by atoms with E-state index in [1.165, 1.54) is 24.8 Å². The minimum absolute atomic E-state index is 0.493. The van der Waals surface area contributed by atoms with Gasteiger partial charge in [0, 0.05) is 46.8 Å². The molecule has 8 nitrogen and oxygen atoms in total. The van der Waals surface area contributed by atoms with Crippen molar-refractivity contribution < 1.29 is 28.4 Å². The number of methoxy groups -OCH3 is 4. The molecule has 0 saturated carbocycles. The molecule has 0 unspecified atom stereocenters. The number of unbranched alkanes of at least 4 members (excludes halogenated alkanes) is 5. The monoisotopic (exact) mass is 938 g/mol. The predicted octanol–water partition coefficient (Wildman–Crippen LogP) is 12.5. The number of ether oxygens (including phenoxy) is 6. The summed E-state index contributed by atoms with van der Waals surface area (Å²) in [5.41, 5.74) is 9.23. The van der Waals surface area contributed by atoms with E-state index in [1.807, 2.05) is 121 Å². The number of hydrogen-bond donors (Lipinski definition) is 0. The molecule has 2 heterocycles. The molecule has 0 atom stereocenters. The topological polar surface area (TPSA) is 81.2 Å². The molecule has 0 saturated heterocycles. The van der Waals surface area contributed by atoms with Crippen LogP contribution in [0.4, 0.5) is 0 Å². The zero-order valence-corrected chi connectivity index (χ0v) is 41.2. The van der Waals surface area contributed by atoms with E-state index >= 15 is 0 Å². The van der Waals surface area contributed by atoms with E-state index in [0.717, 1.165) is 88.0 Å². The standard InChI is InChI=1S/C63H58N2O6/c1-6-7-8-9-13-40-70-62-45-55(32-28-50-23-19-48(20-24-50)26-30-53-44-57(67-3)34-36-61(53)69-5)63(71-41-14-11-15-51-37-39-65-59(42-51)58-16-10-12-38-64-58)46-54(62)31-27-49-21-17-47(18-22-49)25-29-52-43-56(66-2)33-35-60(52)68-4/h10,12,16-24,33-39,42-46H,6-9,11,13-15,40-41H2,1-5H3. The zero-order valence-electron chi connectivity index (χ0n) is 41.2. The van der Waals surface area contributed by atoms with E-state index in [1.54, 1.807) is 34.6 Å². The Morgan fingerprint density at radius 1 is 0.380 bits per heavy atom. The van der Waals surface area contributed by atoms with Gasteiger partial charge in [0.2, 0.25) is 0 Å². The third kappa shape index (κ3) is 15.2. The van der Waals surface area contributed by atoms with Crippen LogP contribution in [0.3, 0.4) is 0 Å². The van der Waals surface area contributed by atoms with Crippen molar-refractivity contribution in [3.63, 3.8) is 0 Å². The number of nitrogens with zero attached hydrogens (tertiary/aromatic N) is 2. The highest BCUT2D eigenvalue weighted by molar-refractivity contribution is 5.62. The van der Waals surface area contributed by atoms with Gasteiger partial charge in [-0.25, -0.2) is 0 Å². The van der Waals surface area contributed by atoms with Gasteiger partial charge in [-0.05, 0) is 140 Å². The first-order chi connectivity index (χ1) is 34.9. The van der Waals surface area contributed by atoms with E-state index in [0.29, 0.717) is 47.7 Å². The molecular weight excluding hydrogens is 881 g/mol. The third-order valence-corrected chi connectivity index (χ3v) is 11.4. The van der Waals surface area contributed by atoms with Gasteiger partial charge in [0.25, 0.3) is 0 Å². The van der Waals surface area contributed by atoms with Crippen LogP contribution in [-0.2, 0) is 6.42 Å². The first-order valence-corrected chi connectivity index (χ1v) is 24.0. The highest BCUT2D eigenvalue weighted by Crippen LogP contribution is 2.30. The minimum Gasteiger partial charge on any atom is -0.497 e. The maximum absolute atomic E-state index is 6.60. The first-order valence-electron chi connectivity index (χ1n) is 24.0. The number of pyridine rings is 2. The van der Waals surface area contributed by atoms with Gasteiger partial charge in [-0.15, -0.1) is 0 Å². The van der Waals surface area contributed by atoms with Crippen LogP contribution in [0.15, 0.2) is 140 Å². The molecule has 7 rings (SSSR count). The maximum Gasteiger partial charge on any atom is 0.136 e. The molecule has 0 aliphatic rings. The van der Waals surface area contributed by atoms with Crippen molar-refractivity contribution in [1.29, 1.82) is 0 Å². The molecule has 0 fully saturated rings. The van der Waals surface area contributed by atoms with Crippen molar-refractivity contribution in [2.75, 3.05) is 41.7 Å². The quantitative estimate of drug-likeness (QED) is 0.0622. The molecule has 8 heteroatoms. The Labute approximate surface area is 419 Å². The van der Waals surface area contributed by atoms with Crippen molar-refractivity contribution in [3.8, 4) is 93.2 Å². The van der Waals surface area contributed by atoms with Crippen LogP contribution < -0.4 is 28.4 Å². The number of hydrogen-bond acceptors (Lipinski definition) is 8. The van der Waals surface area contributed by atoms with E-state index in [4.69, 9.17) is 28.4 Å². The van der Waals surface area contributed by atoms with Crippen LogP contribution >= 0.6 is 0 Å². The summed E-state index contributed by atoms with van der Waals surface area (Å²) in [4.78, 5) is 9.02. The average Bonchev–Trinajstić information content (AvgIpc) is 3.42. The van der Waals surface area contributed by atoms with Gasteiger partial charge >= 0.3 is 0 Å². The Morgan fingerprint density at radius 3 is 1.30 bits per heavy atom. The van der Waals surface area contributed by atoms with Gasteiger partial charge in [0.1, 0.15) is 34.5 Å². The number of aromatic nitrogens is 2. The summed E-state index contributed by atoms with van der Waals surface area (Å²) in [7, 11) is 6.53. The van der Waals surface area contributed by atoms with Crippen LogP contribution in [0.5, 0.6) is 34.5 Å². The molecule has 0 radical (unpaired) electrons. The van der Waals surface area contributed by atoms with Crippen molar-refractivity contribution in [2.45, 2.75) is 58.3 Å². The first kappa shape index (κ1) is 50.3. The highest BCUT2D eigenvalue weighted by Gasteiger charge is 2.12. The average molecular weight is 939 g/mol. The summed E-state index contributed by atoms with van der Waals surface area (Å²) < 4.78 is 34.9. The molecule has 0 amide bonds. The smallest absolute Gasteiger partial charge is 0.136 e. The van der Waals surface area contributed by atoms with Crippen LogP contribution in [0.25, 0.3) is 11.4 Å². The molecule has 0 aliphatic carbocycles. The lowest BCUT2D eigenvalue weighted by molar-refractivity contribution is 0.296. The molecule has 5 aromatic carbocycles. The maximum atomic E-state index is 6.60. The van der Waals surface area contributed by atoms with Gasteiger partial charge in [0.15, 0.2) is 0 Å². The summed E-state index contributed by atoms with van der Waals surface area (Å²) >= 11 is 0. The van der Waals surface area contributed by atoms with Crippen molar-refractivity contribution >= 4 is 0 Å². The molecule has 2 aromatic heterocycles. The fourth-order valence-corrected chi connectivity index (χ4v) is 7.43. The van der Waals surface area contributed by atoms with E-state index in [-0.39, 0.29) is 0 Å². The van der Waals surface area contributed by atoms with Crippen LogP contribution in [0, 0.1) is 47.4 Å². The largest absolute Gasteiger partial charge is 0.497 e. The van der Waals surface area contributed by atoms with Gasteiger partial charge < -0.3 is 28.4 Å². The Balaban J connectivity index is 1.15. The molecule has 0 bridgehead atoms. The molecular formula is C63H58N2O6. The van der Waals surface area contributed by atoms with Crippen molar-refractivity contribution in [1.82, 2.24) is 9.97 Å². The Kier molecular flexibility index (Phi) is 19.0. The van der Waals surface area contributed by atoms with Crippen molar-refractivity contribution in [3.05, 3.63) is 190 Å². The van der Waals surface area contributed by atoms with E-state index in [2.05, 4.69) is 76.4 Å². The van der Waals surface area contributed by atoms with Crippen LogP contribution in [-0.4, -0.2) is 51.6 Å². The number of rotatable bonds is 18. The Hall–Kier alpha value is -8.56. The summed E-state index contributed by atoms with van der Waals surface area (Å²) in [5.74, 6) is 30.6. The van der Waals surface area contributed by atoms with Gasteiger partial charge in [-0.2, -0.15) is 0 Å². The normalized spacial score (nSPS) is 10.2. The summed E-state index contributed by atoms with van der Waals surface area (Å²) in [6.45, 7) is 3.28. The predicted molar refractivity (Wildman–Crippen MR) is 282 cm³/mol. The molecule has 0 N–H and O–H groups in total. The second-order valence-electron chi connectivity index (χ2n) is 16.5. The molecule has 0 spiro atoms. The van der Waals surface area contributed by atoms with Crippen LogP contribution in [0.2, 0.25) is 0 Å². The SMILES string of the molecule is CCCCCCCOc1cc(C#Cc2ccc(C#Cc3cc(OC)ccc3OC)cc2)c(OCCCCc2ccnc(-c3ccccn3)c2)cc1C#Cc1ccc(C#Cc2cc(OC)ccc2OC)cc1. The zero-order chi connectivity index (χ0) is 49.5. The lowest BCUT2D eigenvalue weighted by Gasteiger charge is -2.14. The summed E-state index contributed by atoms with van der Waals surface area (Å²) in [5, 5.41) is 0. The minimum atomic E-state index is 0.493. The van der Waals surface area contributed by atoms with Gasteiger partial charge in [-0.3, -0.25) is 9.97 Å². The summed E-state index contributed by atoms with van der Waals surface area (Å²) in [6.07, 6.45) is 11.9. The Morgan fingerprint density at radius 2 is 0.845 bits per heavy atom. The highest BCUT2D eigenvalue weighted by atomic mass is 16.5. The third-order valence-electron chi connectivity index (χ3n) is 11.4. The second-order valence-corrected chi connectivity index (χ2v) is 16.5.